The van der Waals surface area contributed by atoms with Gasteiger partial charge < -0.3 is 10.6 Å². The molecule has 0 spiro atoms. The maximum atomic E-state index is 11.3. The average Bonchev–Trinajstić information content (AvgIpc) is 2.50. The lowest BCUT2D eigenvalue weighted by molar-refractivity contribution is -0.114. The number of allylic oxidation sites excluding steroid dienone is 2. The molecule has 0 aromatic rings. The summed E-state index contributed by atoms with van der Waals surface area (Å²) in [6.07, 6.45) is 3.55. The Hall–Kier alpha value is -1.32. The van der Waals surface area contributed by atoms with E-state index in [1.165, 1.54) is 6.08 Å². The van der Waals surface area contributed by atoms with Gasteiger partial charge in [0.25, 0.3) is 0 Å². The van der Waals surface area contributed by atoms with Crippen molar-refractivity contribution in [2.45, 2.75) is 39.2 Å². The molecular formula is C10H16N2O2. The van der Waals surface area contributed by atoms with Gasteiger partial charge in [0.05, 0.1) is 0 Å². The van der Waals surface area contributed by atoms with E-state index in [1.54, 1.807) is 0 Å². The first-order valence-electron chi connectivity index (χ1n) is 4.92. The Morgan fingerprint density at radius 1 is 1.57 bits per heavy atom. The molecule has 1 aliphatic rings. The summed E-state index contributed by atoms with van der Waals surface area (Å²) in [5, 5.41) is 5.43. The highest BCUT2D eigenvalue weighted by atomic mass is 16.2. The molecule has 2 N–H and O–H groups in total. The van der Waals surface area contributed by atoms with Crippen LogP contribution in [0.2, 0.25) is 0 Å². The number of ketones is 1. The number of hydrogen-bond donors (Lipinski definition) is 2. The van der Waals surface area contributed by atoms with Crippen LogP contribution < -0.4 is 10.6 Å². The van der Waals surface area contributed by atoms with Crippen LogP contribution in [0.1, 0.15) is 33.1 Å². The van der Waals surface area contributed by atoms with Gasteiger partial charge in [0, 0.05) is 24.2 Å². The van der Waals surface area contributed by atoms with Crippen LogP contribution in [0.5, 0.6) is 0 Å². The van der Waals surface area contributed by atoms with Gasteiger partial charge in [0.2, 0.25) is 0 Å². The summed E-state index contributed by atoms with van der Waals surface area (Å²) in [6.45, 7) is 3.94. The van der Waals surface area contributed by atoms with Crippen molar-refractivity contribution < 1.29 is 9.59 Å². The summed E-state index contributed by atoms with van der Waals surface area (Å²) in [6, 6.07) is -0.0620. The molecule has 0 saturated heterocycles. The lowest BCUT2D eigenvalue weighted by Crippen LogP contribution is -2.39. The van der Waals surface area contributed by atoms with Gasteiger partial charge in [-0.15, -0.1) is 0 Å². The minimum atomic E-state index is -0.222. The fourth-order valence-corrected chi connectivity index (χ4v) is 1.20. The first-order valence-corrected chi connectivity index (χ1v) is 4.92. The van der Waals surface area contributed by atoms with E-state index < -0.39 is 0 Å². The zero-order chi connectivity index (χ0) is 10.6. The molecule has 0 aliphatic heterocycles. The SMILES string of the molecule is CCC(C)NC(=O)NC1=CC(=O)CC1. The van der Waals surface area contributed by atoms with Gasteiger partial charge in [-0.2, -0.15) is 0 Å². The van der Waals surface area contributed by atoms with Gasteiger partial charge in [-0.3, -0.25) is 4.79 Å². The summed E-state index contributed by atoms with van der Waals surface area (Å²) in [4.78, 5) is 22.2. The van der Waals surface area contributed by atoms with E-state index in [-0.39, 0.29) is 17.9 Å². The number of nitrogens with one attached hydrogen (secondary N) is 2. The second-order valence-corrected chi connectivity index (χ2v) is 3.54. The molecule has 2 amide bonds. The van der Waals surface area contributed by atoms with Crippen molar-refractivity contribution in [3.8, 4) is 0 Å². The first kappa shape index (κ1) is 10.8. The summed E-state index contributed by atoms with van der Waals surface area (Å²) in [7, 11) is 0. The summed E-state index contributed by atoms with van der Waals surface area (Å²) >= 11 is 0. The minimum Gasteiger partial charge on any atom is -0.335 e. The van der Waals surface area contributed by atoms with Gasteiger partial charge in [-0.1, -0.05) is 6.92 Å². The number of amides is 2. The lowest BCUT2D eigenvalue weighted by Gasteiger charge is -2.12. The third-order valence-electron chi connectivity index (χ3n) is 2.24. The van der Waals surface area contributed by atoms with E-state index in [0.29, 0.717) is 12.8 Å². The molecule has 78 valence electrons. The molecule has 0 fully saturated rings. The molecule has 0 heterocycles. The average molecular weight is 196 g/mol. The van der Waals surface area contributed by atoms with Crippen LogP contribution >= 0.6 is 0 Å². The predicted molar refractivity (Wildman–Crippen MR) is 53.7 cm³/mol. The Bertz CT molecular complexity index is 271. The quantitative estimate of drug-likeness (QED) is 0.715. The highest BCUT2D eigenvalue weighted by Crippen LogP contribution is 2.11. The van der Waals surface area contributed by atoms with Gasteiger partial charge in [0.15, 0.2) is 5.78 Å². The van der Waals surface area contributed by atoms with Crippen molar-refractivity contribution in [1.29, 1.82) is 0 Å². The molecule has 0 aromatic heterocycles. The standard InChI is InChI=1S/C10H16N2O2/c1-3-7(2)11-10(14)12-8-4-5-9(13)6-8/h6-7H,3-5H2,1-2H3,(H2,11,12,14). The maximum Gasteiger partial charge on any atom is 0.319 e. The number of carbonyl (C=O) groups excluding carboxylic acids is 2. The molecular weight excluding hydrogens is 180 g/mol. The predicted octanol–water partition coefficient (Wildman–Crippen LogP) is 1.33. The first-order chi connectivity index (χ1) is 6.61. The molecule has 4 nitrogen and oxygen atoms in total. The van der Waals surface area contributed by atoms with Crippen LogP contribution in [0.25, 0.3) is 0 Å². The fourth-order valence-electron chi connectivity index (χ4n) is 1.20. The highest BCUT2D eigenvalue weighted by Gasteiger charge is 2.14. The zero-order valence-corrected chi connectivity index (χ0v) is 8.59. The van der Waals surface area contributed by atoms with E-state index in [1.807, 2.05) is 13.8 Å². The van der Waals surface area contributed by atoms with E-state index in [4.69, 9.17) is 0 Å². The molecule has 1 aliphatic carbocycles. The van der Waals surface area contributed by atoms with Crippen molar-refractivity contribution in [2.24, 2.45) is 0 Å². The van der Waals surface area contributed by atoms with Crippen molar-refractivity contribution in [2.75, 3.05) is 0 Å². The van der Waals surface area contributed by atoms with E-state index >= 15 is 0 Å². The van der Waals surface area contributed by atoms with Gasteiger partial charge in [-0.05, 0) is 19.8 Å². The minimum absolute atomic E-state index is 0.0869. The number of hydrogen-bond acceptors (Lipinski definition) is 2. The van der Waals surface area contributed by atoms with Crippen molar-refractivity contribution in [3.05, 3.63) is 11.8 Å². The van der Waals surface area contributed by atoms with Crippen molar-refractivity contribution >= 4 is 11.8 Å². The molecule has 0 radical (unpaired) electrons. The van der Waals surface area contributed by atoms with Crippen molar-refractivity contribution in [1.82, 2.24) is 10.6 Å². The lowest BCUT2D eigenvalue weighted by atomic mass is 10.3. The molecule has 1 unspecified atom stereocenters. The number of carbonyl (C=O) groups is 2. The second kappa shape index (κ2) is 4.79. The Morgan fingerprint density at radius 3 is 2.79 bits per heavy atom. The van der Waals surface area contributed by atoms with Crippen LogP contribution in [0.15, 0.2) is 11.8 Å². The van der Waals surface area contributed by atoms with E-state index in [9.17, 15) is 9.59 Å². The molecule has 0 bridgehead atoms. The Morgan fingerprint density at radius 2 is 2.29 bits per heavy atom. The Labute approximate surface area is 83.8 Å². The second-order valence-electron chi connectivity index (χ2n) is 3.54. The molecule has 14 heavy (non-hydrogen) atoms. The van der Waals surface area contributed by atoms with Gasteiger partial charge in [-0.25, -0.2) is 4.79 Å². The van der Waals surface area contributed by atoms with Gasteiger partial charge in [0.1, 0.15) is 0 Å². The molecule has 0 saturated carbocycles. The number of rotatable bonds is 3. The normalized spacial score (nSPS) is 17.6. The molecule has 4 heteroatoms. The third-order valence-corrected chi connectivity index (χ3v) is 2.24. The van der Waals surface area contributed by atoms with Crippen LogP contribution in [0, 0.1) is 0 Å². The monoisotopic (exact) mass is 196 g/mol. The number of urea groups is 1. The Balaban J connectivity index is 2.34. The summed E-state index contributed by atoms with van der Waals surface area (Å²) in [5.41, 5.74) is 0.718. The van der Waals surface area contributed by atoms with Crippen LogP contribution in [0.3, 0.4) is 0 Å². The van der Waals surface area contributed by atoms with Crippen LogP contribution in [-0.4, -0.2) is 17.9 Å². The Kier molecular flexibility index (Phi) is 3.68. The zero-order valence-electron chi connectivity index (χ0n) is 8.59. The molecule has 1 atom stereocenters. The van der Waals surface area contributed by atoms with Gasteiger partial charge >= 0.3 is 6.03 Å². The fraction of sp³-hybridized carbons (Fsp3) is 0.600. The van der Waals surface area contributed by atoms with Crippen LogP contribution in [0.4, 0.5) is 4.79 Å². The largest absolute Gasteiger partial charge is 0.335 e. The highest BCUT2D eigenvalue weighted by molar-refractivity contribution is 5.94. The molecule has 1 rings (SSSR count). The van der Waals surface area contributed by atoms with E-state index in [0.717, 1.165) is 12.1 Å². The van der Waals surface area contributed by atoms with Crippen molar-refractivity contribution in [3.63, 3.8) is 0 Å². The smallest absolute Gasteiger partial charge is 0.319 e. The summed E-state index contributed by atoms with van der Waals surface area (Å²) < 4.78 is 0. The summed E-state index contributed by atoms with van der Waals surface area (Å²) in [5.74, 6) is 0.0869. The van der Waals surface area contributed by atoms with E-state index in [2.05, 4.69) is 10.6 Å². The van der Waals surface area contributed by atoms with Crippen LogP contribution in [-0.2, 0) is 4.79 Å². The third kappa shape index (κ3) is 3.20. The topological polar surface area (TPSA) is 58.2 Å². The molecule has 0 aromatic carbocycles. The maximum absolute atomic E-state index is 11.3.